The van der Waals surface area contributed by atoms with Gasteiger partial charge in [0.25, 0.3) is 0 Å². The second kappa shape index (κ2) is 5.40. The summed E-state index contributed by atoms with van der Waals surface area (Å²) in [6.07, 6.45) is 0. The molecule has 0 aromatic heterocycles. The molecule has 1 atom stereocenters. The van der Waals surface area contributed by atoms with Crippen molar-refractivity contribution in [2.24, 2.45) is 0 Å². The maximum absolute atomic E-state index is 13.3. The Morgan fingerprint density at radius 2 is 2.00 bits per heavy atom. The normalized spacial score (nSPS) is 13.3. The first-order chi connectivity index (χ1) is 8.16. The number of hydrogen-bond acceptors (Lipinski definition) is 3. The van der Waals surface area contributed by atoms with Crippen LogP contribution in [0.25, 0.3) is 0 Å². The lowest BCUT2D eigenvalue weighted by atomic mass is 10.3. The molecule has 0 radical (unpaired) electrons. The zero-order valence-electron chi connectivity index (χ0n) is 8.95. The lowest BCUT2D eigenvalue weighted by Crippen LogP contribution is -2.38. The summed E-state index contributed by atoms with van der Waals surface area (Å²) in [6.45, 7) is 1.13. The van der Waals surface area contributed by atoms with Crippen molar-refractivity contribution in [3.05, 3.63) is 28.0 Å². The van der Waals surface area contributed by atoms with E-state index in [-0.39, 0.29) is 5.02 Å². The van der Waals surface area contributed by atoms with Gasteiger partial charge in [0.2, 0.25) is 10.0 Å². The Morgan fingerprint density at radius 1 is 1.44 bits per heavy atom. The van der Waals surface area contributed by atoms with E-state index < -0.39 is 37.8 Å². The summed E-state index contributed by atoms with van der Waals surface area (Å²) in [6, 6.07) is 0.637. The smallest absolute Gasteiger partial charge is 0.321 e. The van der Waals surface area contributed by atoms with Gasteiger partial charge >= 0.3 is 5.97 Å². The van der Waals surface area contributed by atoms with E-state index in [2.05, 4.69) is 0 Å². The number of hydrogen-bond donors (Lipinski definition) is 2. The summed E-state index contributed by atoms with van der Waals surface area (Å²) in [5.74, 6) is -2.45. The van der Waals surface area contributed by atoms with E-state index in [9.17, 15) is 17.6 Å². The van der Waals surface area contributed by atoms with Gasteiger partial charge in [-0.2, -0.15) is 4.72 Å². The predicted molar refractivity (Wildman–Crippen MR) is 63.8 cm³/mol. The topological polar surface area (TPSA) is 83.5 Å². The van der Waals surface area contributed by atoms with Crippen LogP contribution in [0.4, 0.5) is 4.39 Å². The summed E-state index contributed by atoms with van der Waals surface area (Å²) in [4.78, 5) is 9.99. The number of aliphatic carboxylic acids is 1. The molecule has 0 aliphatic carbocycles. The SMILES string of the molecule is C[C@@H](NS(=O)(=O)c1ccc(Cl)c(F)c1Cl)C(=O)O. The van der Waals surface area contributed by atoms with Crippen molar-refractivity contribution >= 4 is 39.2 Å². The molecular weight excluding hydrogens is 308 g/mol. The zero-order valence-corrected chi connectivity index (χ0v) is 11.3. The third kappa shape index (κ3) is 3.11. The van der Waals surface area contributed by atoms with Crippen LogP contribution in [-0.2, 0) is 14.8 Å². The van der Waals surface area contributed by atoms with Gasteiger partial charge in [0.1, 0.15) is 10.9 Å². The van der Waals surface area contributed by atoms with Crippen LogP contribution in [-0.4, -0.2) is 25.5 Å². The Balaban J connectivity index is 3.22. The van der Waals surface area contributed by atoms with Crippen molar-refractivity contribution in [3.8, 4) is 0 Å². The zero-order chi connectivity index (χ0) is 14.1. The lowest BCUT2D eigenvalue weighted by Gasteiger charge is -2.12. The van der Waals surface area contributed by atoms with E-state index in [1.165, 1.54) is 0 Å². The minimum atomic E-state index is -4.24. The van der Waals surface area contributed by atoms with Crippen LogP contribution in [0.15, 0.2) is 17.0 Å². The molecular formula is C9H8Cl2FNO4S. The summed E-state index contributed by atoms with van der Waals surface area (Å²) >= 11 is 10.9. The highest BCUT2D eigenvalue weighted by atomic mass is 35.5. The van der Waals surface area contributed by atoms with Crippen LogP contribution in [0, 0.1) is 5.82 Å². The van der Waals surface area contributed by atoms with Crippen molar-refractivity contribution in [2.45, 2.75) is 17.9 Å². The molecule has 1 aromatic rings. The summed E-state index contributed by atoms with van der Waals surface area (Å²) in [5, 5.41) is 7.59. The molecule has 0 spiro atoms. The van der Waals surface area contributed by atoms with Gasteiger partial charge in [-0.25, -0.2) is 12.8 Å². The van der Waals surface area contributed by atoms with Crippen molar-refractivity contribution < 1.29 is 22.7 Å². The van der Waals surface area contributed by atoms with Gasteiger partial charge in [-0.05, 0) is 19.1 Å². The number of nitrogens with one attached hydrogen (secondary N) is 1. The van der Waals surface area contributed by atoms with E-state index >= 15 is 0 Å². The molecule has 0 unspecified atom stereocenters. The van der Waals surface area contributed by atoms with E-state index in [1.807, 2.05) is 4.72 Å². The first-order valence-electron chi connectivity index (χ1n) is 4.55. The molecule has 0 fully saturated rings. The van der Waals surface area contributed by atoms with Gasteiger partial charge in [-0.1, -0.05) is 23.2 Å². The maximum atomic E-state index is 13.3. The Kier molecular flexibility index (Phi) is 4.55. The molecule has 1 aromatic carbocycles. The monoisotopic (exact) mass is 315 g/mol. The third-order valence-electron chi connectivity index (χ3n) is 1.99. The van der Waals surface area contributed by atoms with Gasteiger partial charge in [0.05, 0.1) is 10.0 Å². The second-order valence-corrected chi connectivity index (χ2v) is 5.82. The van der Waals surface area contributed by atoms with E-state index in [0.717, 1.165) is 19.1 Å². The highest BCUT2D eigenvalue weighted by Gasteiger charge is 2.25. The maximum Gasteiger partial charge on any atom is 0.321 e. The molecule has 0 aliphatic heterocycles. The van der Waals surface area contributed by atoms with Gasteiger partial charge in [-0.15, -0.1) is 0 Å². The van der Waals surface area contributed by atoms with Crippen LogP contribution in [0.1, 0.15) is 6.92 Å². The molecule has 0 amide bonds. The fraction of sp³-hybridized carbons (Fsp3) is 0.222. The molecule has 0 aliphatic rings. The van der Waals surface area contributed by atoms with Gasteiger partial charge < -0.3 is 5.11 Å². The van der Waals surface area contributed by atoms with Crippen LogP contribution in [0.3, 0.4) is 0 Å². The molecule has 0 bridgehead atoms. The number of carboxylic acids is 1. The Morgan fingerprint density at radius 3 is 2.50 bits per heavy atom. The fourth-order valence-electron chi connectivity index (χ4n) is 1.06. The summed E-state index contributed by atoms with van der Waals surface area (Å²) < 4.78 is 38.7. The molecule has 1 rings (SSSR count). The van der Waals surface area contributed by atoms with Crippen LogP contribution >= 0.6 is 23.2 Å². The highest BCUT2D eigenvalue weighted by Crippen LogP contribution is 2.29. The highest BCUT2D eigenvalue weighted by molar-refractivity contribution is 7.89. The van der Waals surface area contributed by atoms with Gasteiger partial charge in [0.15, 0.2) is 5.82 Å². The molecule has 0 heterocycles. The van der Waals surface area contributed by atoms with Crippen molar-refractivity contribution in [3.63, 3.8) is 0 Å². The Labute approximate surface area is 113 Å². The minimum absolute atomic E-state index is 0.328. The number of benzene rings is 1. The van der Waals surface area contributed by atoms with Gasteiger partial charge in [-0.3, -0.25) is 4.79 Å². The first-order valence-corrected chi connectivity index (χ1v) is 6.79. The molecule has 9 heteroatoms. The van der Waals surface area contributed by atoms with Crippen LogP contribution in [0.2, 0.25) is 10.0 Å². The molecule has 0 saturated carbocycles. The van der Waals surface area contributed by atoms with Gasteiger partial charge in [0, 0.05) is 0 Å². The molecule has 100 valence electrons. The Bertz CT molecular complexity index is 590. The molecule has 18 heavy (non-hydrogen) atoms. The summed E-state index contributed by atoms with van der Waals surface area (Å²) in [5.41, 5.74) is 0. The largest absolute Gasteiger partial charge is 0.480 e. The predicted octanol–water partition coefficient (Wildman–Crippen LogP) is 1.88. The van der Waals surface area contributed by atoms with E-state index in [0.29, 0.717) is 0 Å². The number of sulfonamides is 1. The average molecular weight is 316 g/mol. The van der Waals surface area contributed by atoms with Crippen molar-refractivity contribution in [1.82, 2.24) is 4.72 Å². The minimum Gasteiger partial charge on any atom is -0.480 e. The van der Waals surface area contributed by atoms with Crippen LogP contribution in [0.5, 0.6) is 0 Å². The third-order valence-corrected chi connectivity index (χ3v) is 4.35. The Hall–Kier alpha value is -0.890. The second-order valence-electron chi connectivity index (χ2n) is 3.35. The number of carboxylic acid groups (broad SMARTS) is 1. The molecule has 0 saturated heterocycles. The average Bonchev–Trinajstić information content (AvgIpc) is 2.24. The standard InChI is InChI=1S/C9H8Cl2FNO4S/c1-4(9(14)15)13-18(16,17)6-3-2-5(10)8(12)7(6)11/h2-4,13H,1H3,(H,14,15)/t4-/m1/s1. The van der Waals surface area contributed by atoms with Crippen molar-refractivity contribution in [2.75, 3.05) is 0 Å². The van der Waals surface area contributed by atoms with E-state index in [1.54, 1.807) is 0 Å². The quantitative estimate of drug-likeness (QED) is 0.831. The number of rotatable bonds is 4. The van der Waals surface area contributed by atoms with E-state index in [4.69, 9.17) is 28.3 Å². The number of halogens is 3. The molecule has 2 N–H and O–H groups in total. The fourth-order valence-corrected chi connectivity index (χ4v) is 3.00. The van der Waals surface area contributed by atoms with Crippen molar-refractivity contribution in [1.29, 1.82) is 0 Å². The molecule has 5 nitrogen and oxygen atoms in total. The first kappa shape index (κ1) is 15.2. The number of carbonyl (C=O) groups is 1. The lowest BCUT2D eigenvalue weighted by molar-refractivity contribution is -0.138. The summed E-state index contributed by atoms with van der Waals surface area (Å²) in [7, 11) is -4.24. The van der Waals surface area contributed by atoms with Crippen LogP contribution < -0.4 is 4.72 Å².